The molecule has 0 amide bonds. The van der Waals surface area contributed by atoms with Gasteiger partial charge in [0.2, 0.25) is 0 Å². The first-order valence-corrected chi connectivity index (χ1v) is 9.98. The molecule has 0 radical (unpaired) electrons. The maximum Gasteiger partial charge on any atom is 0.154 e. The lowest BCUT2D eigenvalue weighted by Crippen LogP contribution is -2.57. The number of fused-ring (bicyclic) bond motifs is 1. The summed E-state index contributed by atoms with van der Waals surface area (Å²) in [5.41, 5.74) is 9.56. The first-order chi connectivity index (χ1) is 13.0. The van der Waals surface area contributed by atoms with Gasteiger partial charge in [0, 0.05) is 0 Å². The van der Waals surface area contributed by atoms with Gasteiger partial charge in [-0.25, -0.2) is 0 Å². The zero-order valence-electron chi connectivity index (χ0n) is 16.5. The largest absolute Gasteiger partial charge is 0.307 e. The number of aldehydes is 2. The van der Waals surface area contributed by atoms with Gasteiger partial charge in [-0.2, -0.15) is 0 Å². The predicted octanol–water partition coefficient (Wildman–Crippen LogP) is 4.59. The average Bonchev–Trinajstić information content (AvgIpc) is 2.70. The fraction of sp³-hybridized carbons (Fsp3) is 0.478. The molecule has 0 aliphatic carbocycles. The Labute approximate surface area is 163 Å². The minimum atomic E-state index is -1.50. The monoisotopic (exact) mass is 370 g/mol. The van der Waals surface area contributed by atoms with Gasteiger partial charge in [0.25, 0.3) is 0 Å². The van der Waals surface area contributed by atoms with Gasteiger partial charge in [-0.15, -0.1) is 0 Å². The second kappa shape index (κ2) is 13.2. The Hall–Kier alpha value is -2.04. The highest BCUT2D eigenvalue weighted by Crippen LogP contribution is 2.16. The van der Waals surface area contributed by atoms with Gasteiger partial charge < -0.3 is 16.3 Å². The molecule has 27 heavy (non-hydrogen) atoms. The molecule has 1 unspecified atom stereocenters. The van der Waals surface area contributed by atoms with Crippen LogP contribution in [0, 0.1) is 5.92 Å². The SMILES string of the molecule is CCCCCCCCCC(C=O)C(N)(N)C=O.c1ccc2ccccc2c1. The molecule has 0 spiro atoms. The van der Waals surface area contributed by atoms with E-state index in [1.165, 1.54) is 42.9 Å². The molecule has 0 saturated carbocycles. The quantitative estimate of drug-likeness (QED) is 0.344. The Morgan fingerprint density at radius 1 is 0.815 bits per heavy atom. The summed E-state index contributed by atoms with van der Waals surface area (Å²) in [6.45, 7) is 2.19. The lowest BCUT2D eigenvalue weighted by Gasteiger charge is -2.23. The molecule has 4 N–H and O–H groups in total. The van der Waals surface area contributed by atoms with Crippen LogP contribution in [0.15, 0.2) is 48.5 Å². The number of hydrogen-bond donors (Lipinski definition) is 2. The van der Waals surface area contributed by atoms with Crippen molar-refractivity contribution in [2.75, 3.05) is 0 Å². The summed E-state index contributed by atoms with van der Waals surface area (Å²) >= 11 is 0. The molecule has 2 aromatic carbocycles. The number of carbonyl (C=O) groups is 2. The zero-order chi connectivity index (χ0) is 20.0. The number of unbranched alkanes of at least 4 members (excludes halogenated alkanes) is 6. The first-order valence-electron chi connectivity index (χ1n) is 9.98. The van der Waals surface area contributed by atoms with E-state index in [0.29, 0.717) is 19.0 Å². The average molecular weight is 371 g/mol. The number of nitrogens with two attached hydrogens (primary N) is 2. The summed E-state index contributed by atoms with van der Waals surface area (Å²) in [6, 6.07) is 16.7. The molecular formula is C23H34N2O2. The maximum absolute atomic E-state index is 10.8. The Morgan fingerprint density at radius 2 is 1.26 bits per heavy atom. The topological polar surface area (TPSA) is 86.2 Å². The van der Waals surface area contributed by atoms with Crippen molar-refractivity contribution in [3.8, 4) is 0 Å². The van der Waals surface area contributed by atoms with E-state index < -0.39 is 11.6 Å². The van der Waals surface area contributed by atoms with Gasteiger partial charge in [-0.05, 0) is 17.2 Å². The molecule has 0 aromatic heterocycles. The lowest BCUT2D eigenvalue weighted by atomic mass is 9.91. The number of carbonyl (C=O) groups excluding carboxylic acids is 2. The van der Waals surface area contributed by atoms with Gasteiger partial charge in [0.05, 0.1) is 5.92 Å². The van der Waals surface area contributed by atoms with Crippen molar-refractivity contribution >= 4 is 23.3 Å². The lowest BCUT2D eigenvalue weighted by molar-refractivity contribution is -0.120. The van der Waals surface area contributed by atoms with Crippen molar-refractivity contribution in [1.29, 1.82) is 0 Å². The Kier molecular flexibility index (Phi) is 11.2. The van der Waals surface area contributed by atoms with Crippen LogP contribution in [-0.4, -0.2) is 18.2 Å². The molecule has 0 fully saturated rings. The molecule has 0 heterocycles. The van der Waals surface area contributed by atoms with Crippen LogP contribution < -0.4 is 11.5 Å². The number of rotatable bonds is 11. The Morgan fingerprint density at radius 3 is 1.67 bits per heavy atom. The van der Waals surface area contributed by atoms with Crippen molar-refractivity contribution in [1.82, 2.24) is 0 Å². The maximum atomic E-state index is 10.8. The molecule has 0 bridgehead atoms. The molecule has 0 saturated heterocycles. The van der Waals surface area contributed by atoms with E-state index in [1.54, 1.807) is 0 Å². The zero-order valence-corrected chi connectivity index (χ0v) is 16.5. The van der Waals surface area contributed by atoms with Crippen LogP contribution in [0.1, 0.15) is 58.3 Å². The molecule has 1 atom stereocenters. The second-order valence-electron chi connectivity index (χ2n) is 7.12. The highest BCUT2D eigenvalue weighted by atomic mass is 16.1. The first kappa shape index (κ1) is 23.0. The van der Waals surface area contributed by atoms with Gasteiger partial charge in [0.1, 0.15) is 11.9 Å². The van der Waals surface area contributed by atoms with E-state index in [2.05, 4.69) is 55.5 Å². The van der Waals surface area contributed by atoms with Crippen LogP contribution in [0.2, 0.25) is 0 Å². The van der Waals surface area contributed by atoms with Crippen LogP contribution in [0.3, 0.4) is 0 Å². The molecule has 0 aliphatic rings. The normalized spacial score (nSPS) is 12.1. The summed E-state index contributed by atoms with van der Waals surface area (Å²) in [7, 11) is 0. The van der Waals surface area contributed by atoms with Crippen molar-refractivity contribution in [3.63, 3.8) is 0 Å². The van der Waals surface area contributed by atoms with Crippen LogP contribution in [0.25, 0.3) is 10.8 Å². The van der Waals surface area contributed by atoms with Crippen LogP contribution in [0.5, 0.6) is 0 Å². The molecule has 4 nitrogen and oxygen atoms in total. The summed E-state index contributed by atoms with van der Waals surface area (Å²) in [5, 5.41) is 2.62. The molecular weight excluding hydrogens is 336 g/mol. The van der Waals surface area contributed by atoms with Gasteiger partial charge in [0.15, 0.2) is 6.29 Å². The fourth-order valence-electron chi connectivity index (χ4n) is 2.98. The molecule has 4 heteroatoms. The van der Waals surface area contributed by atoms with Gasteiger partial charge >= 0.3 is 0 Å². The van der Waals surface area contributed by atoms with Crippen molar-refractivity contribution in [3.05, 3.63) is 48.5 Å². The minimum absolute atomic E-state index is 0.466. The third-order valence-electron chi connectivity index (χ3n) is 4.79. The van der Waals surface area contributed by atoms with Crippen LogP contribution in [0.4, 0.5) is 0 Å². The number of benzene rings is 2. The van der Waals surface area contributed by atoms with Gasteiger partial charge in [-0.1, -0.05) is 100 Å². The van der Waals surface area contributed by atoms with Crippen molar-refractivity contribution < 1.29 is 9.59 Å². The summed E-state index contributed by atoms with van der Waals surface area (Å²) in [5.74, 6) is -0.560. The highest BCUT2D eigenvalue weighted by Gasteiger charge is 2.29. The highest BCUT2D eigenvalue weighted by molar-refractivity contribution is 5.82. The van der Waals surface area contributed by atoms with Crippen LogP contribution in [-0.2, 0) is 9.59 Å². The van der Waals surface area contributed by atoms with E-state index in [4.69, 9.17) is 11.5 Å². The summed E-state index contributed by atoms with van der Waals surface area (Å²) < 4.78 is 0. The van der Waals surface area contributed by atoms with E-state index >= 15 is 0 Å². The third-order valence-corrected chi connectivity index (χ3v) is 4.79. The summed E-state index contributed by atoms with van der Waals surface area (Å²) in [6.07, 6.45) is 9.97. The molecule has 0 aliphatic heterocycles. The third kappa shape index (κ3) is 8.94. The minimum Gasteiger partial charge on any atom is -0.307 e. The van der Waals surface area contributed by atoms with E-state index in [1.807, 2.05) is 0 Å². The smallest absolute Gasteiger partial charge is 0.154 e. The standard InChI is InChI=1S/C13H26N2O2.C10H8/c1-2-3-4-5-6-7-8-9-12(10-16)13(14,15)11-17;1-2-6-10-8-4-3-7-9(10)5-1/h10-12H,2-9,14-15H2,1H3;1-8H. The van der Waals surface area contributed by atoms with E-state index in [9.17, 15) is 9.59 Å². The Bertz CT molecular complexity index is 605. The molecule has 2 rings (SSSR count). The molecule has 148 valence electrons. The van der Waals surface area contributed by atoms with Crippen molar-refractivity contribution in [2.24, 2.45) is 17.4 Å². The van der Waals surface area contributed by atoms with Gasteiger partial charge in [-0.3, -0.25) is 4.79 Å². The van der Waals surface area contributed by atoms with E-state index in [0.717, 1.165) is 12.8 Å². The summed E-state index contributed by atoms with van der Waals surface area (Å²) in [4.78, 5) is 21.4. The van der Waals surface area contributed by atoms with Crippen molar-refractivity contribution in [2.45, 2.75) is 64.0 Å². The predicted molar refractivity (Wildman–Crippen MR) is 113 cm³/mol. The van der Waals surface area contributed by atoms with E-state index in [-0.39, 0.29) is 0 Å². The second-order valence-corrected chi connectivity index (χ2v) is 7.12. The number of hydrogen-bond acceptors (Lipinski definition) is 4. The molecule has 2 aromatic rings. The fourth-order valence-corrected chi connectivity index (χ4v) is 2.98. The Balaban J connectivity index is 0.000000303. The van der Waals surface area contributed by atoms with Crippen LogP contribution >= 0.6 is 0 Å².